The number of ether oxygens (including phenoxy) is 1. The van der Waals surface area contributed by atoms with Crippen LogP contribution < -0.4 is 5.32 Å². The number of hydrogen-bond donors (Lipinski definition) is 3. The van der Waals surface area contributed by atoms with E-state index in [0.717, 1.165) is 5.56 Å². The fourth-order valence-corrected chi connectivity index (χ4v) is 3.04. The highest BCUT2D eigenvalue weighted by Gasteiger charge is 2.67. The summed E-state index contributed by atoms with van der Waals surface area (Å²) in [7, 11) is -4.32. The van der Waals surface area contributed by atoms with Crippen LogP contribution in [-0.2, 0) is 9.30 Å². The van der Waals surface area contributed by atoms with Gasteiger partial charge in [0.05, 0.1) is 0 Å². The molecule has 0 amide bonds. The first-order valence-corrected chi connectivity index (χ1v) is 7.04. The Morgan fingerprint density at radius 1 is 1.41 bits per heavy atom. The summed E-state index contributed by atoms with van der Waals surface area (Å²) in [5.74, 6) is 0. The Bertz CT molecular complexity index is 446. The van der Waals surface area contributed by atoms with Crippen molar-refractivity contribution in [1.82, 2.24) is 5.32 Å². The zero-order chi connectivity index (χ0) is 12.7. The minimum absolute atomic E-state index is 0.186. The molecule has 0 unspecified atom stereocenters. The Kier molecular flexibility index (Phi) is 3.14. The molecule has 1 heterocycles. The molecule has 1 fully saturated rings. The fraction of sp³-hybridized carbons (Fsp3) is 0.455. The molecule has 5 nitrogen and oxygen atoms in total. The van der Waals surface area contributed by atoms with Crippen molar-refractivity contribution in [1.29, 1.82) is 0 Å². The molecular weight excluding hydrogens is 241 g/mol. The normalized spacial score (nSPS) is 30.0. The molecule has 3 atom stereocenters. The highest BCUT2D eigenvalue weighted by molar-refractivity contribution is 7.53. The van der Waals surface area contributed by atoms with Crippen molar-refractivity contribution >= 4 is 7.60 Å². The molecule has 0 radical (unpaired) electrons. The Morgan fingerprint density at radius 3 is 2.35 bits per heavy atom. The molecule has 3 N–H and O–H groups in total. The van der Waals surface area contributed by atoms with Crippen LogP contribution in [0.5, 0.6) is 0 Å². The van der Waals surface area contributed by atoms with E-state index in [1.54, 1.807) is 6.92 Å². The Balaban J connectivity index is 2.14. The van der Waals surface area contributed by atoms with Crippen molar-refractivity contribution in [3.63, 3.8) is 0 Å². The van der Waals surface area contributed by atoms with Crippen LogP contribution in [0.3, 0.4) is 0 Å². The number of hydrogen-bond acceptors (Lipinski definition) is 3. The van der Waals surface area contributed by atoms with Gasteiger partial charge in [-0.2, -0.15) is 0 Å². The van der Waals surface area contributed by atoms with Gasteiger partial charge in [-0.05, 0) is 19.4 Å². The average molecular weight is 257 g/mol. The number of nitrogens with one attached hydrogen (secondary N) is 1. The van der Waals surface area contributed by atoms with Gasteiger partial charge in [0.1, 0.15) is 6.10 Å². The van der Waals surface area contributed by atoms with Gasteiger partial charge in [0, 0.05) is 6.04 Å². The van der Waals surface area contributed by atoms with Gasteiger partial charge in [0.15, 0.2) is 0 Å². The first-order valence-electron chi connectivity index (χ1n) is 5.43. The van der Waals surface area contributed by atoms with Crippen molar-refractivity contribution < 1.29 is 19.1 Å². The summed E-state index contributed by atoms with van der Waals surface area (Å²) in [5, 5.41) is 2.89. The fourth-order valence-electron chi connectivity index (χ4n) is 1.91. The molecule has 6 heteroatoms. The predicted octanol–water partition coefficient (Wildman–Crippen LogP) is 1.59. The topological polar surface area (TPSA) is 82.1 Å². The Hall–Kier alpha value is -0.710. The molecule has 2 rings (SSSR count). The highest BCUT2D eigenvalue weighted by Crippen LogP contribution is 2.62. The van der Waals surface area contributed by atoms with E-state index in [9.17, 15) is 14.4 Å². The van der Waals surface area contributed by atoms with Gasteiger partial charge in [0.2, 0.25) is 5.47 Å². The van der Waals surface area contributed by atoms with Crippen LogP contribution in [-0.4, -0.2) is 21.4 Å². The lowest BCUT2D eigenvalue weighted by Crippen LogP contribution is -2.36. The van der Waals surface area contributed by atoms with Gasteiger partial charge in [-0.15, -0.1) is 0 Å². The smallest absolute Gasteiger partial charge is 0.339 e. The summed E-state index contributed by atoms with van der Waals surface area (Å²) in [6.07, 6.45) is -0.477. The van der Waals surface area contributed by atoms with E-state index in [2.05, 4.69) is 5.32 Å². The van der Waals surface area contributed by atoms with Crippen LogP contribution in [0.1, 0.15) is 25.5 Å². The van der Waals surface area contributed by atoms with Crippen molar-refractivity contribution in [2.75, 3.05) is 0 Å². The van der Waals surface area contributed by atoms with Crippen molar-refractivity contribution in [2.45, 2.75) is 31.5 Å². The van der Waals surface area contributed by atoms with E-state index < -0.39 is 19.2 Å². The van der Waals surface area contributed by atoms with Gasteiger partial charge in [0.25, 0.3) is 0 Å². The summed E-state index contributed by atoms with van der Waals surface area (Å²) in [4.78, 5) is 18.6. The monoisotopic (exact) mass is 257 g/mol. The summed E-state index contributed by atoms with van der Waals surface area (Å²) in [6.45, 7) is 3.49. The number of benzene rings is 1. The molecule has 94 valence electrons. The third-order valence-corrected chi connectivity index (χ3v) is 4.47. The second-order valence-electron chi connectivity index (χ2n) is 4.28. The lowest BCUT2D eigenvalue weighted by molar-refractivity contribution is 0.244. The van der Waals surface area contributed by atoms with Crippen LogP contribution in [0.4, 0.5) is 0 Å². The molecule has 1 aromatic carbocycles. The minimum Gasteiger partial charge on any atom is -0.339 e. The first kappa shape index (κ1) is 12.7. The summed E-state index contributed by atoms with van der Waals surface area (Å²) >= 11 is 0. The van der Waals surface area contributed by atoms with E-state index in [0.29, 0.717) is 0 Å². The Morgan fingerprint density at radius 2 is 1.94 bits per heavy atom. The van der Waals surface area contributed by atoms with Gasteiger partial charge < -0.3 is 14.5 Å². The minimum atomic E-state index is -4.32. The number of rotatable bonds is 4. The zero-order valence-corrected chi connectivity index (χ0v) is 10.6. The van der Waals surface area contributed by atoms with Crippen LogP contribution in [0.15, 0.2) is 30.3 Å². The van der Waals surface area contributed by atoms with E-state index in [1.807, 2.05) is 37.3 Å². The van der Waals surface area contributed by atoms with Crippen LogP contribution >= 0.6 is 7.60 Å². The third-order valence-electron chi connectivity index (χ3n) is 3.01. The molecule has 17 heavy (non-hydrogen) atoms. The maximum absolute atomic E-state index is 11.4. The third kappa shape index (κ3) is 2.30. The molecule has 0 aromatic heterocycles. The van der Waals surface area contributed by atoms with Gasteiger partial charge in [-0.1, -0.05) is 30.3 Å². The molecular formula is C11H16NO4P. The molecule has 1 aliphatic rings. The van der Waals surface area contributed by atoms with E-state index >= 15 is 0 Å². The molecule has 0 bridgehead atoms. The van der Waals surface area contributed by atoms with Crippen molar-refractivity contribution in [3.05, 3.63) is 35.9 Å². The van der Waals surface area contributed by atoms with E-state index in [4.69, 9.17) is 4.74 Å². The second-order valence-corrected chi connectivity index (χ2v) is 6.03. The molecule has 1 aliphatic heterocycles. The quantitative estimate of drug-likeness (QED) is 0.563. The summed E-state index contributed by atoms with van der Waals surface area (Å²) < 4.78 is 16.5. The van der Waals surface area contributed by atoms with E-state index in [-0.39, 0.29) is 6.04 Å². The predicted molar refractivity (Wildman–Crippen MR) is 63.3 cm³/mol. The van der Waals surface area contributed by atoms with Gasteiger partial charge in [-0.25, -0.2) is 0 Å². The first-order chi connectivity index (χ1) is 7.87. The van der Waals surface area contributed by atoms with Crippen LogP contribution in [0.25, 0.3) is 0 Å². The average Bonchev–Trinajstić information content (AvgIpc) is 2.91. The van der Waals surface area contributed by atoms with Crippen molar-refractivity contribution in [2.24, 2.45) is 0 Å². The van der Waals surface area contributed by atoms with Crippen LogP contribution in [0, 0.1) is 0 Å². The standard InChI is InChI=1S/C11H16NO4P/c1-8(10-6-4-3-5-7-10)12-11(9(2)16-11)17(13,14)15/h3-9,12H,1-2H3,(H2,13,14,15)/t8-,9+,11-/m1/s1. The van der Waals surface area contributed by atoms with Gasteiger partial charge in [-0.3, -0.25) is 9.88 Å². The molecule has 0 spiro atoms. The lowest BCUT2D eigenvalue weighted by Gasteiger charge is -2.21. The van der Waals surface area contributed by atoms with E-state index in [1.165, 1.54) is 0 Å². The van der Waals surface area contributed by atoms with Crippen molar-refractivity contribution in [3.8, 4) is 0 Å². The molecule has 0 saturated carbocycles. The Labute approximate surface area is 100.0 Å². The lowest BCUT2D eigenvalue weighted by atomic mass is 10.1. The highest BCUT2D eigenvalue weighted by atomic mass is 31.2. The molecule has 1 aromatic rings. The largest absolute Gasteiger partial charge is 0.374 e. The molecule has 1 saturated heterocycles. The summed E-state index contributed by atoms with van der Waals surface area (Å²) in [6, 6.07) is 9.28. The molecule has 0 aliphatic carbocycles. The van der Waals surface area contributed by atoms with Gasteiger partial charge >= 0.3 is 7.60 Å². The SMILES string of the molecule is C[C@@H]1O[C@@]1(N[C@H](C)c1ccccc1)P(=O)(O)O. The maximum Gasteiger partial charge on any atom is 0.374 e. The maximum atomic E-state index is 11.4. The number of epoxide rings is 1. The summed E-state index contributed by atoms with van der Waals surface area (Å²) in [5.41, 5.74) is -0.551. The zero-order valence-electron chi connectivity index (χ0n) is 9.70. The second kappa shape index (κ2) is 4.19. The van der Waals surface area contributed by atoms with Crippen LogP contribution in [0.2, 0.25) is 0 Å².